The van der Waals surface area contributed by atoms with Crippen LogP contribution in [0.1, 0.15) is 25.0 Å². The molecule has 0 fully saturated rings. The number of carbonyl (C=O) groups excluding carboxylic acids is 2. The van der Waals surface area contributed by atoms with Crippen LogP contribution < -0.4 is 10.0 Å². The van der Waals surface area contributed by atoms with Gasteiger partial charge in [-0.25, -0.2) is 8.42 Å². The number of nitrogens with one attached hydrogen (secondary N) is 2. The van der Waals surface area contributed by atoms with Gasteiger partial charge in [-0.3, -0.25) is 9.59 Å². The van der Waals surface area contributed by atoms with Gasteiger partial charge in [0.25, 0.3) is 5.91 Å². The lowest BCUT2D eigenvalue weighted by atomic mass is 10.1. The number of hydrogen-bond acceptors (Lipinski definition) is 5. The van der Waals surface area contributed by atoms with Gasteiger partial charge in [-0.05, 0) is 67.3 Å². The molecule has 0 aliphatic heterocycles. The minimum absolute atomic E-state index is 0.0298. The summed E-state index contributed by atoms with van der Waals surface area (Å²) in [6, 6.07) is 9.84. The van der Waals surface area contributed by atoms with Crippen molar-refractivity contribution in [3.63, 3.8) is 0 Å². The lowest BCUT2D eigenvalue weighted by Gasteiger charge is -2.20. The topological polar surface area (TPSA) is 102 Å². The second kappa shape index (κ2) is 10.1. The molecule has 7 nitrogen and oxygen atoms in total. The average Bonchev–Trinajstić information content (AvgIpc) is 2.67. The zero-order valence-electron chi connectivity index (χ0n) is 17.2. The summed E-state index contributed by atoms with van der Waals surface area (Å²) in [6.07, 6.45) is 0. The Balaban J connectivity index is 2.00. The van der Waals surface area contributed by atoms with E-state index in [1.807, 2.05) is 26.0 Å². The molecule has 0 unspecified atom stereocenters. The van der Waals surface area contributed by atoms with Crippen LogP contribution in [0.4, 0.5) is 5.69 Å². The zero-order chi connectivity index (χ0) is 22.5. The summed E-state index contributed by atoms with van der Waals surface area (Å²) in [5.74, 6) is -1.75. The second-order valence-corrected chi connectivity index (χ2v) is 9.40. The van der Waals surface area contributed by atoms with Crippen LogP contribution in [0.2, 0.25) is 5.02 Å². The fraction of sp³-hybridized carbons (Fsp3) is 0.333. The summed E-state index contributed by atoms with van der Waals surface area (Å²) < 4.78 is 32.5. The molecule has 0 saturated heterocycles. The second-order valence-electron chi connectivity index (χ2n) is 7.25. The van der Waals surface area contributed by atoms with Crippen LogP contribution in [0.25, 0.3) is 0 Å². The van der Waals surface area contributed by atoms with Crippen molar-refractivity contribution < 1.29 is 22.7 Å². The quantitative estimate of drug-likeness (QED) is 0.597. The number of benzene rings is 2. The Kier molecular flexibility index (Phi) is 8.00. The minimum atomic E-state index is -3.97. The lowest BCUT2D eigenvalue weighted by Crippen LogP contribution is -2.45. The predicted molar refractivity (Wildman–Crippen MR) is 116 cm³/mol. The maximum atomic E-state index is 12.6. The first-order chi connectivity index (χ1) is 14.0. The molecule has 30 heavy (non-hydrogen) atoms. The van der Waals surface area contributed by atoms with E-state index in [9.17, 15) is 18.0 Å². The molecule has 2 N–H and O–H groups in total. The summed E-state index contributed by atoms with van der Waals surface area (Å²) in [6.45, 7) is 6.69. The van der Waals surface area contributed by atoms with Gasteiger partial charge in [0.1, 0.15) is 6.04 Å². The monoisotopic (exact) mass is 452 g/mol. The number of sulfonamides is 1. The van der Waals surface area contributed by atoms with Crippen molar-refractivity contribution in [3.8, 4) is 0 Å². The van der Waals surface area contributed by atoms with Gasteiger partial charge in [0.05, 0.1) is 4.90 Å². The molecule has 0 radical (unpaired) electrons. The fourth-order valence-electron chi connectivity index (χ4n) is 2.55. The molecule has 0 aliphatic carbocycles. The number of aryl methyl sites for hydroxylation is 2. The van der Waals surface area contributed by atoms with E-state index >= 15 is 0 Å². The molecule has 1 amide bonds. The highest BCUT2D eigenvalue weighted by atomic mass is 35.5. The maximum absolute atomic E-state index is 12.6. The predicted octanol–water partition coefficient (Wildman–Crippen LogP) is 3.44. The number of hydrogen-bond donors (Lipinski definition) is 2. The first-order valence-electron chi connectivity index (χ1n) is 9.31. The molecule has 0 aliphatic rings. The van der Waals surface area contributed by atoms with E-state index < -0.39 is 40.5 Å². The molecule has 9 heteroatoms. The van der Waals surface area contributed by atoms with Crippen molar-refractivity contribution in [2.45, 2.75) is 38.6 Å². The molecular formula is C21H25ClN2O5S. The highest BCUT2D eigenvalue weighted by molar-refractivity contribution is 7.89. The van der Waals surface area contributed by atoms with E-state index in [0.29, 0.717) is 10.7 Å². The van der Waals surface area contributed by atoms with Gasteiger partial charge in [-0.15, -0.1) is 0 Å². The van der Waals surface area contributed by atoms with Gasteiger partial charge in [0.2, 0.25) is 10.0 Å². The molecule has 0 heterocycles. The molecule has 162 valence electrons. The molecule has 2 aromatic carbocycles. The molecular weight excluding hydrogens is 428 g/mol. The Bertz CT molecular complexity index is 1020. The van der Waals surface area contributed by atoms with Crippen LogP contribution in [-0.2, 0) is 24.3 Å². The molecule has 0 bridgehead atoms. The Hall–Kier alpha value is -2.42. The largest absolute Gasteiger partial charge is 0.454 e. The Morgan fingerprint density at radius 3 is 2.23 bits per heavy atom. The maximum Gasteiger partial charge on any atom is 0.324 e. The minimum Gasteiger partial charge on any atom is -0.454 e. The van der Waals surface area contributed by atoms with Crippen LogP contribution >= 0.6 is 11.6 Å². The third-order valence-electron chi connectivity index (χ3n) is 4.46. The highest BCUT2D eigenvalue weighted by Gasteiger charge is 2.30. The Morgan fingerprint density at radius 2 is 1.67 bits per heavy atom. The third-order valence-corrected chi connectivity index (χ3v) is 6.17. The molecule has 2 rings (SSSR count). The Morgan fingerprint density at radius 1 is 1.03 bits per heavy atom. The summed E-state index contributed by atoms with van der Waals surface area (Å²) >= 11 is 5.79. The number of anilines is 1. The van der Waals surface area contributed by atoms with Gasteiger partial charge in [0.15, 0.2) is 6.61 Å². The van der Waals surface area contributed by atoms with Crippen LogP contribution in [0.3, 0.4) is 0 Å². The summed E-state index contributed by atoms with van der Waals surface area (Å²) in [7, 11) is -3.97. The normalized spacial score (nSPS) is 12.5. The van der Waals surface area contributed by atoms with Crippen LogP contribution in [-0.4, -0.2) is 32.9 Å². The van der Waals surface area contributed by atoms with Crippen molar-refractivity contribution in [2.75, 3.05) is 11.9 Å². The van der Waals surface area contributed by atoms with Gasteiger partial charge in [0, 0.05) is 10.7 Å². The van der Waals surface area contributed by atoms with Gasteiger partial charge in [-0.1, -0.05) is 31.5 Å². The van der Waals surface area contributed by atoms with E-state index in [1.165, 1.54) is 24.3 Å². The summed E-state index contributed by atoms with van der Waals surface area (Å²) in [5, 5.41) is 3.04. The van der Waals surface area contributed by atoms with Crippen LogP contribution in [0.5, 0.6) is 0 Å². The number of amides is 1. The molecule has 0 saturated carbocycles. The molecule has 0 aromatic heterocycles. The molecule has 2 aromatic rings. The standard InChI is InChI=1S/C21H25ClN2O5S/c1-13(2)20(24-30(27,28)18-9-6-16(22)7-10-18)21(26)29-12-19(25)23-17-8-5-14(3)15(4)11-17/h5-11,13,20,24H,12H2,1-4H3,(H,23,25)/t20-/m0/s1. The number of halogens is 1. The van der Waals surface area contributed by atoms with Crippen LogP contribution in [0.15, 0.2) is 47.4 Å². The first-order valence-corrected chi connectivity index (χ1v) is 11.2. The first kappa shape index (κ1) is 23.9. The number of carbonyl (C=O) groups is 2. The van der Waals surface area contributed by atoms with Crippen molar-refractivity contribution in [2.24, 2.45) is 5.92 Å². The van der Waals surface area contributed by atoms with Crippen molar-refractivity contribution in [3.05, 3.63) is 58.6 Å². The molecule has 0 spiro atoms. The SMILES string of the molecule is Cc1ccc(NC(=O)COC(=O)[C@@H](NS(=O)(=O)c2ccc(Cl)cc2)C(C)C)cc1C. The highest BCUT2D eigenvalue weighted by Crippen LogP contribution is 2.17. The third kappa shape index (κ3) is 6.55. The van der Waals surface area contributed by atoms with Gasteiger partial charge < -0.3 is 10.1 Å². The van der Waals surface area contributed by atoms with Crippen molar-refractivity contribution in [1.29, 1.82) is 0 Å². The van der Waals surface area contributed by atoms with Crippen molar-refractivity contribution in [1.82, 2.24) is 4.72 Å². The summed E-state index contributed by atoms with van der Waals surface area (Å²) in [5.41, 5.74) is 2.69. The van der Waals surface area contributed by atoms with Gasteiger partial charge >= 0.3 is 5.97 Å². The van der Waals surface area contributed by atoms with Gasteiger partial charge in [-0.2, -0.15) is 4.72 Å². The van der Waals surface area contributed by atoms with E-state index in [-0.39, 0.29) is 4.90 Å². The lowest BCUT2D eigenvalue weighted by molar-refractivity contribution is -0.150. The number of esters is 1. The molecule has 1 atom stereocenters. The van der Waals surface area contributed by atoms with E-state index in [1.54, 1.807) is 19.9 Å². The van der Waals surface area contributed by atoms with E-state index in [4.69, 9.17) is 16.3 Å². The summed E-state index contributed by atoms with van der Waals surface area (Å²) in [4.78, 5) is 24.5. The fourth-order valence-corrected chi connectivity index (χ4v) is 4.01. The average molecular weight is 453 g/mol. The van der Waals surface area contributed by atoms with Crippen molar-refractivity contribution >= 4 is 39.2 Å². The number of ether oxygens (including phenoxy) is 1. The van der Waals surface area contributed by atoms with Crippen LogP contribution in [0, 0.1) is 19.8 Å². The van der Waals surface area contributed by atoms with E-state index in [2.05, 4.69) is 10.0 Å². The number of rotatable bonds is 8. The zero-order valence-corrected chi connectivity index (χ0v) is 18.8. The van der Waals surface area contributed by atoms with E-state index in [0.717, 1.165) is 11.1 Å². The Labute approximate surface area is 181 Å². The smallest absolute Gasteiger partial charge is 0.324 e.